The Hall–Kier alpha value is -2.16. The second-order valence-corrected chi connectivity index (χ2v) is 4.02. The average molecular weight is 226 g/mol. The monoisotopic (exact) mass is 226 g/mol. The molecule has 2 rings (SSSR count). The number of aromatic nitrogens is 1. The molecule has 0 bridgehead atoms. The molecule has 0 amide bonds. The highest BCUT2D eigenvalue weighted by atomic mass is 16.1. The Morgan fingerprint density at radius 3 is 2.76 bits per heavy atom. The molecule has 17 heavy (non-hydrogen) atoms. The van der Waals surface area contributed by atoms with Crippen LogP contribution in [0.5, 0.6) is 0 Å². The number of fused-ring (bicyclic) bond motifs is 1. The molecule has 2 aromatic rings. The Labute approximate surface area is 100 Å². The Kier molecular flexibility index (Phi) is 3.19. The first-order valence-corrected chi connectivity index (χ1v) is 5.41. The minimum Gasteiger partial charge on any atom is -0.383 e. The van der Waals surface area contributed by atoms with Gasteiger partial charge in [-0.3, -0.25) is 9.78 Å². The van der Waals surface area contributed by atoms with Gasteiger partial charge in [0.1, 0.15) is 0 Å². The van der Waals surface area contributed by atoms with E-state index in [4.69, 9.17) is 0 Å². The predicted molar refractivity (Wildman–Crippen MR) is 68.9 cm³/mol. The molecule has 0 unspecified atom stereocenters. The summed E-state index contributed by atoms with van der Waals surface area (Å²) in [7, 11) is 3.77. The number of carbonyl (C=O) groups excluding carboxylic acids is 1. The number of carbonyl (C=O) groups is 1. The van der Waals surface area contributed by atoms with Gasteiger partial charge in [0.25, 0.3) is 0 Å². The fourth-order valence-electron chi connectivity index (χ4n) is 1.62. The summed E-state index contributed by atoms with van der Waals surface area (Å²) in [4.78, 5) is 18.1. The fraction of sp³-hybridized carbons (Fsp3) is 0.143. The van der Waals surface area contributed by atoms with Crippen molar-refractivity contribution in [1.82, 2.24) is 9.88 Å². The van der Waals surface area contributed by atoms with Gasteiger partial charge in [0.15, 0.2) is 5.78 Å². The van der Waals surface area contributed by atoms with Crippen LogP contribution in [0.3, 0.4) is 0 Å². The van der Waals surface area contributed by atoms with Crippen molar-refractivity contribution in [3.05, 3.63) is 54.4 Å². The van der Waals surface area contributed by atoms with Crippen LogP contribution in [0.2, 0.25) is 0 Å². The smallest absolute Gasteiger partial charge is 0.188 e. The van der Waals surface area contributed by atoms with Crippen molar-refractivity contribution in [2.24, 2.45) is 0 Å². The second kappa shape index (κ2) is 4.78. The highest BCUT2D eigenvalue weighted by Gasteiger charge is 2.06. The van der Waals surface area contributed by atoms with Gasteiger partial charge in [-0.2, -0.15) is 0 Å². The number of allylic oxidation sites excluding steroid dienone is 1. The van der Waals surface area contributed by atoms with Gasteiger partial charge >= 0.3 is 0 Å². The normalized spacial score (nSPS) is 10.9. The quantitative estimate of drug-likeness (QED) is 0.595. The molecule has 0 saturated heterocycles. The molecule has 0 aliphatic rings. The van der Waals surface area contributed by atoms with Crippen LogP contribution in [0.25, 0.3) is 10.9 Å². The van der Waals surface area contributed by atoms with E-state index in [1.165, 1.54) is 0 Å². The number of pyridine rings is 1. The van der Waals surface area contributed by atoms with E-state index in [2.05, 4.69) is 4.98 Å². The number of hydrogen-bond donors (Lipinski definition) is 0. The standard InChI is InChI=1S/C14H14N2O/c1-16(2)10-8-14(17)12-7-9-15-13-6-4-3-5-11(12)13/h3-10H,1-2H3. The van der Waals surface area contributed by atoms with E-state index in [0.29, 0.717) is 5.56 Å². The molecule has 3 heteroatoms. The zero-order valence-corrected chi connectivity index (χ0v) is 9.92. The van der Waals surface area contributed by atoms with E-state index < -0.39 is 0 Å². The first-order valence-electron chi connectivity index (χ1n) is 5.41. The number of para-hydroxylation sites is 1. The Bertz CT molecular complexity index is 568. The highest BCUT2D eigenvalue weighted by molar-refractivity contribution is 6.12. The van der Waals surface area contributed by atoms with Crippen molar-refractivity contribution in [1.29, 1.82) is 0 Å². The molecule has 1 aromatic carbocycles. The van der Waals surface area contributed by atoms with Crippen molar-refractivity contribution in [2.75, 3.05) is 14.1 Å². The molecule has 0 atom stereocenters. The van der Waals surface area contributed by atoms with Gasteiger partial charge in [0.05, 0.1) is 5.52 Å². The van der Waals surface area contributed by atoms with E-state index in [-0.39, 0.29) is 5.78 Å². The zero-order valence-electron chi connectivity index (χ0n) is 9.92. The molecule has 0 fully saturated rings. The summed E-state index contributed by atoms with van der Waals surface area (Å²) in [5.74, 6) is -0.00250. The van der Waals surface area contributed by atoms with Crippen molar-refractivity contribution in [3.63, 3.8) is 0 Å². The third-order valence-corrected chi connectivity index (χ3v) is 2.44. The molecule has 0 aliphatic carbocycles. The van der Waals surface area contributed by atoms with Crippen LogP contribution >= 0.6 is 0 Å². The van der Waals surface area contributed by atoms with Gasteiger partial charge in [-0.05, 0) is 12.1 Å². The summed E-state index contributed by atoms with van der Waals surface area (Å²) in [6, 6.07) is 9.40. The van der Waals surface area contributed by atoms with E-state index in [0.717, 1.165) is 10.9 Å². The highest BCUT2D eigenvalue weighted by Crippen LogP contribution is 2.16. The summed E-state index contributed by atoms with van der Waals surface area (Å²) in [6.45, 7) is 0. The van der Waals surface area contributed by atoms with Crippen LogP contribution < -0.4 is 0 Å². The summed E-state index contributed by atoms with van der Waals surface area (Å²) < 4.78 is 0. The van der Waals surface area contributed by atoms with Crippen molar-refractivity contribution in [3.8, 4) is 0 Å². The van der Waals surface area contributed by atoms with Crippen LogP contribution in [0, 0.1) is 0 Å². The number of nitrogens with zero attached hydrogens (tertiary/aromatic N) is 2. The lowest BCUT2D eigenvalue weighted by Crippen LogP contribution is -2.03. The predicted octanol–water partition coefficient (Wildman–Crippen LogP) is 2.49. The van der Waals surface area contributed by atoms with Gasteiger partial charge in [0.2, 0.25) is 0 Å². The van der Waals surface area contributed by atoms with E-state index in [9.17, 15) is 4.79 Å². The summed E-state index contributed by atoms with van der Waals surface area (Å²) in [6.07, 6.45) is 4.98. The second-order valence-electron chi connectivity index (χ2n) is 4.02. The largest absolute Gasteiger partial charge is 0.383 e. The molecule has 0 aliphatic heterocycles. The maximum atomic E-state index is 12.0. The van der Waals surface area contributed by atoms with Gasteiger partial charge in [0, 0.05) is 43.5 Å². The molecule has 0 saturated carbocycles. The molecular formula is C14H14N2O. The molecule has 3 nitrogen and oxygen atoms in total. The summed E-state index contributed by atoms with van der Waals surface area (Å²) in [5.41, 5.74) is 1.53. The van der Waals surface area contributed by atoms with Crippen molar-refractivity contribution < 1.29 is 4.79 Å². The van der Waals surface area contributed by atoms with Crippen LogP contribution in [0.1, 0.15) is 10.4 Å². The van der Waals surface area contributed by atoms with Crippen LogP contribution in [-0.2, 0) is 0 Å². The maximum Gasteiger partial charge on any atom is 0.188 e. The lowest BCUT2D eigenvalue weighted by atomic mass is 10.1. The van der Waals surface area contributed by atoms with Crippen molar-refractivity contribution >= 4 is 16.7 Å². The van der Waals surface area contributed by atoms with Gasteiger partial charge in [-0.25, -0.2) is 0 Å². The lowest BCUT2D eigenvalue weighted by molar-refractivity contribution is 0.104. The van der Waals surface area contributed by atoms with Gasteiger partial charge < -0.3 is 4.90 Å². The van der Waals surface area contributed by atoms with Crippen LogP contribution in [0.15, 0.2) is 48.8 Å². The van der Waals surface area contributed by atoms with E-state index in [1.807, 2.05) is 43.3 Å². The minimum atomic E-state index is -0.00250. The number of rotatable bonds is 3. The lowest BCUT2D eigenvalue weighted by Gasteiger charge is -2.04. The topological polar surface area (TPSA) is 33.2 Å². The third-order valence-electron chi connectivity index (χ3n) is 2.44. The summed E-state index contributed by atoms with van der Waals surface area (Å²) >= 11 is 0. The average Bonchev–Trinajstić information content (AvgIpc) is 2.35. The SMILES string of the molecule is CN(C)C=CC(=O)c1ccnc2ccccc12. The van der Waals surface area contributed by atoms with E-state index >= 15 is 0 Å². The Morgan fingerprint density at radius 1 is 1.24 bits per heavy atom. The van der Waals surface area contributed by atoms with Crippen LogP contribution in [0.4, 0.5) is 0 Å². The maximum absolute atomic E-state index is 12.0. The molecule has 1 aromatic heterocycles. The van der Waals surface area contributed by atoms with E-state index in [1.54, 1.807) is 24.5 Å². The number of hydrogen-bond acceptors (Lipinski definition) is 3. The first kappa shape index (κ1) is 11.3. The van der Waals surface area contributed by atoms with Crippen LogP contribution in [-0.4, -0.2) is 29.8 Å². The van der Waals surface area contributed by atoms with Gasteiger partial charge in [-0.1, -0.05) is 18.2 Å². The number of benzene rings is 1. The molecular weight excluding hydrogens is 212 g/mol. The molecule has 1 heterocycles. The molecule has 0 spiro atoms. The minimum absolute atomic E-state index is 0.00250. The molecule has 86 valence electrons. The fourth-order valence-corrected chi connectivity index (χ4v) is 1.62. The summed E-state index contributed by atoms with van der Waals surface area (Å²) in [5, 5.41) is 0.892. The number of ketones is 1. The zero-order chi connectivity index (χ0) is 12.3. The Balaban J connectivity index is 2.45. The van der Waals surface area contributed by atoms with Crippen molar-refractivity contribution in [2.45, 2.75) is 0 Å². The molecule has 0 radical (unpaired) electrons. The molecule has 0 N–H and O–H groups in total. The third kappa shape index (κ3) is 2.50. The van der Waals surface area contributed by atoms with Gasteiger partial charge in [-0.15, -0.1) is 0 Å². The first-order chi connectivity index (χ1) is 8.18. The Morgan fingerprint density at radius 2 is 2.00 bits per heavy atom.